The SMILES string of the molecule is CC(C)(C)OC(=O)N[C@@H](CCCCN)C(=O)N1CCC[C@H]1B1OC2C[C@@H]3C[C@@H](C3(C)C)[C@]2(C)O1. The molecule has 6 atom stereocenters. The quantitative estimate of drug-likeness (QED) is 0.431. The lowest BCUT2D eigenvalue weighted by Crippen LogP contribution is -2.65. The lowest BCUT2D eigenvalue weighted by molar-refractivity contribution is -0.199. The van der Waals surface area contributed by atoms with Crippen molar-refractivity contribution in [3.8, 4) is 0 Å². The average Bonchev–Trinajstić information content (AvgIpc) is 3.34. The summed E-state index contributed by atoms with van der Waals surface area (Å²) in [5.74, 6) is 0.955. The predicted molar refractivity (Wildman–Crippen MR) is 131 cm³/mol. The number of ether oxygens (including phenoxy) is 1. The monoisotopic (exact) mass is 477 g/mol. The minimum Gasteiger partial charge on any atom is -0.444 e. The summed E-state index contributed by atoms with van der Waals surface area (Å²) in [4.78, 5) is 28.1. The second kappa shape index (κ2) is 9.28. The average molecular weight is 477 g/mol. The van der Waals surface area contributed by atoms with Crippen LogP contribution in [0.3, 0.4) is 0 Å². The zero-order valence-electron chi connectivity index (χ0n) is 21.9. The first kappa shape index (κ1) is 25.8. The number of carbonyl (C=O) groups excluding carboxylic acids is 2. The fourth-order valence-electron chi connectivity index (χ4n) is 6.81. The van der Waals surface area contributed by atoms with Gasteiger partial charge in [-0.15, -0.1) is 0 Å². The summed E-state index contributed by atoms with van der Waals surface area (Å²) in [6.45, 7) is 13.6. The summed E-state index contributed by atoms with van der Waals surface area (Å²) >= 11 is 0. The molecule has 3 saturated carbocycles. The molecule has 2 bridgehead atoms. The molecule has 0 aromatic heterocycles. The molecule has 2 amide bonds. The molecule has 2 aliphatic heterocycles. The van der Waals surface area contributed by atoms with Crippen LogP contribution in [0.25, 0.3) is 0 Å². The summed E-state index contributed by atoms with van der Waals surface area (Å²) in [7, 11) is -0.414. The predicted octanol–water partition coefficient (Wildman–Crippen LogP) is 3.27. The Hall–Kier alpha value is -1.32. The van der Waals surface area contributed by atoms with E-state index < -0.39 is 24.9 Å². The highest BCUT2D eigenvalue weighted by Gasteiger charge is 2.69. The Kier molecular flexibility index (Phi) is 7.04. The van der Waals surface area contributed by atoms with Crippen LogP contribution in [0.4, 0.5) is 4.79 Å². The minimum atomic E-state index is -0.645. The number of nitrogens with one attached hydrogen (secondary N) is 1. The molecule has 5 rings (SSSR count). The Morgan fingerprint density at radius 1 is 1.24 bits per heavy atom. The highest BCUT2D eigenvalue weighted by Crippen LogP contribution is 2.65. The number of hydrogen-bond acceptors (Lipinski definition) is 6. The molecule has 0 aromatic rings. The number of nitrogens with two attached hydrogens (primary N) is 1. The van der Waals surface area contributed by atoms with Crippen molar-refractivity contribution in [3.05, 3.63) is 0 Å². The molecular formula is C25H44BN3O5. The van der Waals surface area contributed by atoms with E-state index >= 15 is 0 Å². The van der Waals surface area contributed by atoms with Crippen LogP contribution >= 0.6 is 0 Å². The maximum atomic E-state index is 13.7. The van der Waals surface area contributed by atoms with E-state index in [9.17, 15) is 9.59 Å². The van der Waals surface area contributed by atoms with Crippen LogP contribution in [-0.4, -0.2) is 66.4 Å². The van der Waals surface area contributed by atoms with Crippen molar-refractivity contribution < 1.29 is 23.6 Å². The van der Waals surface area contributed by atoms with E-state index in [0.29, 0.717) is 31.3 Å². The van der Waals surface area contributed by atoms with Crippen molar-refractivity contribution in [2.24, 2.45) is 23.0 Å². The molecular weight excluding hydrogens is 433 g/mol. The van der Waals surface area contributed by atoms with Crippen LogP contribution in [0.1, 0.15) is 86.5 Å². The van der Waals surface area contributed by atoms with E-state index in [2.05, 4.69) is 26.1 Å². The standard InChI is InChI=1S/C25H44BN3O5/c1-23(2,3)32-22(31)28-17(10-7-8-12-27)21(30)29-13-9-11-20(29)26-33-19-15-16-14-18(24(16,4)5)25(19,6)34-26/h16-20H,7-15,27H2,1-6H3,(H,28,31)/t16-,17-,18-,19?,20-,25-/m0/s1. The summed E-state index contributed by atoms with van der Waals surface area (Å²) in [6.07, 6.45) is 5.59. The molecule has 3 N–H and O–H groups in total. The first-order valence-corrected chi connectivity index (χ1v) is 13.2. The third-order valence-corrected chi connectivity index (χ3v) is 8.80. The van der Waals surface area contributed by atoms with Gasteiger partial charge >= 0.3 is 13.2 Å². The molecule has 0 radical (unpaired) electrons. The van der Waals surface area contributed by atoms with Crippen molar-refractivity contribution in [2.75, 3.05) is 13.1 Å². The van der Waals surface area contributed by atoms with E-state index in [0.717, 1.165) is 32.1 Å². The normalized spacial score (nSPS) is 34.9. The second-order valence-corrected chi connectivity index (χ2v) is 12.6. The van der Waals surface area contributed by atoms with Crippen LogP contribution in [-0.2, 0) is 18.8 Å². The maximum absolute atomic E-state index is 13.7. The Morgan fingerprint density at radius 3 is 2.62 bits per heavy atom. The van der Waals surface area contributed by atoms with Gasteiger partial charge < -0.3 is 30.0 Å². The van der Waals surface area contributed by atoms with Crippen LogP contribution in [0.2, 0.25) is 0 Å². The van der Waals surface area contributed by atoms with Crippen LogP contribution in [0.5, 0.6) is 0 Å². The molecule has 2 saturated heterocycles. The number of hydrogen-bond donors (Lipinski definition) is 2. The molecule has 9 heteroatoms. The molecule has 0 spiro atoms. The first-order chi connectivity index (χ1) is 15.9. The number of unbranched alkanes of at least 4 members (excludes halogenated alkanes) is 1. The number of alkyl carbamates (subject to hydrolysis) is 1. The summed E-state index contributed by atoms with van der Waals surface area (Å²) in [5.41, 5.74) is 5.02. The fraction of sp³-hybridized carbons (Fsp3) is 0.920. The number of amides is 2. The van der Waals surface area contributed by atoms with Gasteiger partial charge in [0, 0.05) is 6.54 Å². The number of nitrogens with zero attached hydrogens (tertiary/aromatic N) is 1. The molecule has 5 aliphatic rings. The maximum Gasteiger partial charge on any atom is 0.481 e. The van der Waals surface area contributed by atoms with E-state index in [-0.39, 0.29) is 29.0 Å². The van der Waals surface area contributed by atoms with Gasteiger partial charge in [-0.05, 0) is 96.4 Å². The first-order valence-electron chi connectivity index (χ1n) is 13.2. The third-order valence-electron chi connectivity index (χ3n) is 8.80. The zero-order valence-corrected chi connectivity index (χ0v) is 21.9. The van der Waals surface area contributed by atoms with Gasteiger partial charge in [0.2, 0.25) is 5.91 Å². The van der Waals surface area contributed by atoms with Gasteiger partial charge in [-0.3, -0.25) is 4.79 Å². The molecule has 34 heavy (non-hydrogen) atoms. The molecule has 8 nitrogen and oxygen atoms in total. The van der Waals surface area contributed by atoms with E-state index in [1.54, 1.807) is 0 Å². The van der Waals surface area contributed by atoms with Crippen molar-refractivity contribution in [1.82, 2.24) is 10.2 Å². The molecule has 192 valence electrons. The Labute approximate surface area is 205 Å². The van der Waals surface area contributed by atoms with Crippen LogP contribution in [0, 0.1) is 17.3 Å². The molecule has 3 aliphatic carbocycles. The highest BCUT2D eigenvalue weighted by atomic mass is 16.7. The van der Waals surface area contributed by atoms with E-state index in [4.69, 9.17) is 19.8 Å². The molecule has 1 unspecified atom stereocenters. The number of carbonyl (C=O) groups is 2. The van der Waals surface area contributed by atoms with Crippen LogP contribution in [0.15, 0.2) is 0 Å². The topological polar surface area (TPSA) is 103 Å². The van der Waals surface area contributed by atoms with Crippen molar-refractivity contribution in [3.63, 3.8) is 0 Å². The third kappa shape index (κ3) is 4.72. The van der Waals surface area contributed by atoms with Gasteiger partial charge in [0.05, 0.1) is 17.6 Å². The zero-order chi connectivity index (χ0) is 24.9. The minimum absolute atomic E-state index is 0.0813. The summed E-state index contributed by atoms with van der Waals surface area (Å²) in [5, 5.41) is 2.83. The molecule has 2 heterocycles. The van der Waals surface area contributed by atoms with Crippen LogP contribution < -0.4 is 11.1 Å². The van der Waals surface area contributed by atoms with Crippen molar-refractivity contribution in [1.29, 1.82) is 0 Å². The Bertz CT molecular complexity index is 787. The van der Waals surface area contributed by atoms with Gasteiger partial charge in [0.15, 0.2) is 0 Å². The Balaban J connectivity index is 1.45. The van der Waals surface area contributed by atoms with Gasteiger partial charge in [0.25, 0.3) is 0 Å². The molecule has 5 fully saturated rings. The van der Waals surface area contributed by atoms with E-state index in [1.807, 2.05) is 25.7 Å². The number of rotatable bonds is 7. The Morgan fingerprint density at radius 2 is 1.97 bits per heavy atom. The lowest BCUT2D eigenvalue weighted by atomic mass is 9.43. The highest BCUT2D eigenvalue weighted by molar-refractivity contribution is 6.48. The number of likely N-dealkylation sites (tertiary alicyclic amines) is 1. The van der Waals surface area contributed by atoms with Gasteiger partial charge in [0.1, 0.15) is 11.6 Å². The fourth-order valence-corrected chi connectivity index (χ4v) is 6.81. The van der Waals surface area contributed by atoms with Gasteiger partial charge in [-0.2, -0.15) is 0 Å². The largest absolute Gasteiger partial charge is 0.481 e. The van der Waals surface area contributed by atoms with Gasteiger partial charge in [-0.25, -0.2) is 4.79 Å². The summed E-state index contributed by atoms with van der Waals surface area (Å²) in [6, 6.07) is -0.645. The second-order valence-electron chi connectivity index (χ2n) is 12.6. The van der Waals surface area contributed by atoms with E-state index in [1.165, 1.54) is 6.42 Å². The van der Waals surface area contributed by atoms with Crippen molar-refractivity contribution in [2.45, 2.75) is 116 Å². The lowest BCUT2D eigenvalue weighted by Gasteiger charge is -2.64. The van der Waals surface area contributed by atoms with Crippen molar-refractivity contribution >= 4 is 19.1 Å². The molecule has 0 aromatic carbocycles. The summed E-state index contributed by atoms with van der Waals surface area (Å²) < 4.78 is 18.6. The smallest absolute Gasteiger partial charge is 0.444 e. The van der Waals surface area contributed by atoms with Gasteiger partial charge in [-0.1, -0.05) is 13.8 Å².